The highest BCUT2D eigenvalue weighted by Crippen LogP contribution is 2.13. The third kappa shape index (κ3) is 18.0. The number of aliphatic hydroxyl groups is 1. The van der Waals surface area contributed by atoms with Crippen molar-refractivity contribution in [2.75, 3.05) is 27.7 Å². The van der Waals surface area contributed by atoms with Gasteiger partial charge in [-0.15, -0.1) is 0 Å². The SMILES string of the molecule is CCCCCCCCCCCC(O)CC(=O)O[C@@H](CC(=O)O)C[N+](C)(C)C. The van der Waals surface area contributed by atoms with E-state index in [1.807, 2.05) is 21.1 Å². The molecular weight excluding hydrogens is 346 g/mol. The summed E-state index contributed by atoms with van der Waals surface area (Å²) in [5.74, 6) is -1.50. The predicted octanol–water partition coefficient (Wildman–Crippen LogP) is 3.75. The van der Waals surface area contributed by atoms with E-state index >= 15 is 0 Å². The molecular formula is C21H42NO5+. The number of quaternary nitrogens is 1. The van der Waals surface area contributed by atoms with Crippen molar-refractivity contribution in [2.24, 2.45) is 0 Å². The molecule has 6 nitrogen and oxygen atoms in total. The molecule has 0 aliphatic heterocycles. The molecule has 0 fully saturated rings. The number of unbranched alkanes of at least 4 members (excludes halogenated alkanes) is 8. The number of hydrogen-bond acceptors (Lipinski definition) is 4. The molecule has 0 aliphatic carbocycles. The quantitative estimate of drug-likeness (QED) is 0.225. The van der Waals surface area contributed by atoms with Crippen LogP contribution in [0.4, 0.5) is 0 Å². The van der Waals surface area contributed by atoms with Crippen molar-refractivity contribution in [3.8, 4) is 0 Å². The summed E-state index contributed by atoms with van der Waals surface area (Å²) in [6, 6.07) is 0. The van der Waals surface area contributed by atoms with Crippen molar-refractivity contribution >= 4 is 11.9 Å². The average Bonchev–Trinajstić information content (AvgIpc) is 2.50. The first-order valence-electron chi connectivity index (χ1n) is 10.5. The Morgan fingerprint density at radius 1 is 0.889 bits per heavy atom. The van der Waals surface area contributed by atoms with Gasteiger partial charge in [0.1, 0.15) is 6.54 Å². The molecule has 27 heavy (non-hydrogen) atoms. The molecule has 0 amide bonds. The molecule has 0 heterocycles. The fourth-order valence-corrected chi connectivity index (χ4v) is 3.17. The Kier molecular flexibility index (Phi) is 14.2. The van der Waals surface area contributed by atoms with Gasteiger partial charge in [0, 0.05) is 0 Å². The minimum absolute atomic E-state index is 0.0652. The van der Waals surface area contributed by atoms with Crippen LogP contribution in [0.15, 0.2) is 0 Å². The van der Waals surface area contributed by atoms with Crippen LogP contribution in [0.25, 0.3) is 0 Å². The van der Waals surface area contributed by atoms with Crippen LogP contribution >= 0.6 is 0 Å². The normalized spacial score (nSPS) is 14.0. The number of esters is 1. The molecule has 0 aromatic heterocycles. The number of nitrogens with zero attached hydrogens (tertiary/aromatic N) is 1. The average molecular weight is 389 g/mol. The second kappa shape index (κ2) is 14.9. The van der Waals surface area contributed by atoms with E-state index in [0.29, 0.717) is 17.4 Å². The fourth-order valence-electron chi connectivity index (χ4n) is 3.17. The lowest BCUT2D eigenvalue weighted by Crippen LogP contribution is -2.44. The minimum atomic E-state index is -0.989. The molecule has 0 saturated carbocycles. The van der Waals surface area contributed by atoms with Crippen molar-refractivity contribution in [3.63, 3.8) is 0 Å². The van der Waals surface area contributed by atoms with Gasteiger partial charge >= 0.3 is 11.9 Å². The Morgan fingerprint density at radius 2 is 1.41 bits per heavy atom. The van der Waals surface area contributed by atoms with Gasteiger partial charge in [0.25, 0.3) is 0 Å². The van der Waals surface area contributed by atoms with Gasteiger partial charge in [0.2, 0.25) is 0 Å². The Hall–Kier alpha value is -1.14. The predicted molar refractivity (Wildman–Crippen MR) is 108 cm³/mol. The number of rotatable bonds is 17. The number of aliphatic carboxylic acids is 1. The molecule has 160 valence electrons. The monoisotopic (exact) mass is 388 g/mol. The van der Waals surface area contributed by atoms with Gasteiger partial charge in [0.15, 0.2) is 6.10 Å². The first-order chi connectivity index (χ1) is 12.6. The van der Waals surface area contributed by atoms with Crippen LogP contribution in [0.1, 0.15) is 84.0 Å². The van der Waals surface area contributed by atoms with E-state index in [0.717, 1.165) is 12.8 Å². The maximum absolute atomic E-state index is 12.0. The highest BCUT2D eigenvalue weighted by Gasteiger charge is 2.25. The van der Waals surface area contributed by atoms with E-state index in [2.05, 4.69) is 6.92 Å². The molecule has 0 bridgehead atoms. The highest BCUT2D eigenvalue weighted by atomic mass is 16.5. The summed E-state index contributed by atoms with van der Waals surface area (Å²) in [7, 11) is 5.75. The molecule has 0 saturated heterocycles. The smallest absolute Gasteiger partial charge is 0.308 e. The minimum Gasteiger partial charge on any atom is -0.481 e. The zero-order chi connectivity index (χ0) is 20.7. The van der Waals surface area contributed by atoms with Crippen LogP contribution in [-0.2, 0) is 14.3 Å². The maximum Gasteiger partial charge on any atom is 0.308 e. The summed E-state index contributed by atoms with van der Waals surface area (Å²) in [6.45, 7) is 2.64. The molecule has 0 aliphatic rings. The van der Waals surface area contributed by atoms with Crippen LogP contribution in [0.5, 0.6) is 0 Å². The zero-order valence-electron chi connectivity index (χ0n) is 17.9. The number of likely N-dealkylation sites (N-methyl/N-ethyl adjacent to an activating group) is 1. The standard InChI is InChI=1S/C21H41NO5/c1-5-6-7-8-9-10-11-12-13-14-18(23)15-21(26)27-19(16-20(24)25)17-22(2,3)4/h18-19,23H,5-17H2,1-4H3/p+1/t18?,19-/m0/s1. The molecule has 2 N–H and O–H groups in total. The van der Waals surface area contributed by atoms with Gasteiger partial charge in [-0.25, -0.2) is 0 Å². The van der Waals surface area contributed by atoms with Crippen LogP contribution in [0.3, 0.4) is 0 Å². The summed E-state index contributed by atoms with van der Waals surface area (Å²) >= 11 is 0. The van der Waals surface area contributed by atoms with Crippen LogP contribution in [0.2, 0.25) is 0 Å². The van der Waals surface area contributed by atoms with Crippen molar-refractivity contribution in [3.05, 3.63) is 0 Å². The number of carboxylic acid groups (broad SMARTS) is 1. The first-order valence-corrected chi connectivity index (χ1v) is 10.5. The summed E-state index contributed by atoms with van der Waals surface area (Å²) in [6.07, 6.45) is 9.83. The lowest BCUT2D eigenvalue weighted by atomic mass is 10.0. The molecule has 6 heteroatoms. The molecule has 0 radical (unpaired) electrons. The van der Waals surface area contributed by atoms with E-state index < -0.39 is 24.1 Å². The number of carboxylic acids is 1. The summed E-state index contributed by atoms with van der Waals surface area (Å²) in [5, 5.41) is 19.0. The Balaban J connectivity index is 3.93. The van der Waals surface area contributed by atoms with Gasteiger partial charge in [-0.2, -0.15) is 0 Å². The molecule has 0 aromatic rings. The summed E-state index contributed by atoms with van der Waals surface area (Å²) in [4.78, 5) is 23.0. The second-order valence-electron chi connectivity index (χ2n) is 8.66. The third-order valence-corrected chi connectivity index (χ3v) is 4.49. The lowest BCUT2D eigenvalue weighted by molar-refractivity contribution is -0.873. The van der Waals surface area contributed by atoms with Crippen molar-refractivity contribution < 1.29 is 29.0 Å². The van der Waals surface area contributed by atoms with E-state index in [1.54, 1.807) is 0 Å². The summed E-state index contributed by atoms with van der Waals surface area (Å²) in [5.41, 5.74) is 0. The van der Waals surface area contributed by atoms with Gasteiger partial charge in [-0.05, 0) is 6.42 Å². The molecule has 0 spiro atoms. The van der Waals surface area contributed by atoms with Crippen LogP contribution in [0, 0.1) is 0 Å². The number of carbonyl (C=O) groups is 2. The second-order valence-corrected chi connectivity index (χ2v) is 8.66. The van der Waals surface area contributed by atoms with E-state index in [4.69, 9.17) is 9.84 Å². The zero-order valence-corrected chi connectivity index (χ0v) is 17.9. The Morgan fingerprint density at radius 3 is 1.89 bits per heavy atom. The van der Waals surface area contributed by atoms with Crippen LogP contribution in [-0.4, -0.2) is 66.5 Å². The number of aliphatic hydroxyl groups excluding tert-OH is 1. The van der Waals surface area contributed by atoms with E-state index in [-0.39, 0.29) is 12.8 Å². The Labute approximate surface area is 165 Å². The van der Waals surface area contributed by atoms with Crippen LogP contribution < -0.4 is 0 Å². The van der Waals surface area contributed by atoms with E-state index in [1.165, 1.54) is 44.9 Å². The number of hydrogen-bond donors (Lipinski definition) is 2. The first kappa shape index (κ1) is 25.9. The maximum atomic E-state index is 12.0. The molecule has 0 rings (SSSR count). The van der Waals surface area contributed by atoms with E-state index in [9.17, 15) is 14.7 Å². The molecule has 1 unspecified atom stereocenters. The molecule has 2 atom stereocenters. The number of carbonyl (C=O) groups excluding carboxylic acids is 1. The lowest BCUT2D eigenvalue weighted by Gasteiger charge is -2.28. The summed E-state index contributed by atoms with van der Waals surface area (Å²) < 4.78 is 5.81. The Bertz CT molecular complexity index is 406. The van der Waals surface area contributed by atoms with Crippen molar-refractivity contribution in [1.82, 2.24) is 0 Å². The highest BCUT2D eigenvalue weighted by molar-refractivity contribution is 5.71. The third-order valence-electron chi connectivity index (χ3n) is 4.49. The largest absolute Gasteiger partial charge is 0.481 e. The van der Waals surface area contributed by atoms with Crippen molar-refractivity contribution in [2.45, 2.75) is 96.2 Å². The van der Waals surface area contributed by atoms with Gasteiger partial charge in [-0.1, -0.05) is 64.7 Å². The van der Waals surface area contributed by atoms with Crippen molar-refractivity contribution in [1.29, 1.82) is 0 Å². The van der Waals surface area contributed by atoms with Gasteiger partial charge in [-0.3, -0.25) is 9.59 Å². The molecule has 0 aromatic carbocycles. The fraction of sp³-hybridized carbons (Fsp3) is 0.905. The number of ether oxygens (including phenoxy) is 1. The van der Waals surface area contributed by atoms with Gasteiger partial charge in [0.05, 0.1) is 40.1 Å². The van der Waals surface area contributed by atoms with Gasteiger partial charge < -0.3 is 19.4 Å². The topological polar surface area (TPSA) is 83.8 Å².